The maximum atomic E-state index is 11.7. The van der Waals surface area contributed by atoms with Crippen LogP contribution in [0.5, 0.6) is 17.2 Å². The highest BCUT2D eigenvalue weighted by Crippen LogP contribution is 2.38. The van der Waals surface area contributed by atoms with E-state index in [9.17, 15) is 24.9 Å². The first kappa shape index (κ1) is 14.0. The Balaban J connectivity index is 3.44. The third-order valence-corrected chi connectivity index (χ3v) is 2.62. The zero-order valence-electron chi connectivity index (χ0n) is 10.4. The van der Waals surface area contributed by atoms with Crippen LogP contribution < -0.4 is 0 Å². The summed E-state index contributed by atoms with van der Waals surface area (Å²) in [7, 11) is 0. The van der Waals surface area contributed by atoms with Gasteiger partial charge in [-0.25, -0.2) is 0 Å². The first-order valence-electron chi connectivity index (χ1n) is 5.78. The number of carbonyl (C=O) groups excluding carboxylic acids is 2. The minimum Gasteiger partial charge on any atom is -0.507 e. The molecule has 98 valence electrons. The molecule has 18 heavy (non-hydrogen) atoms. The predicted octanol–water partition coefficient (Wildman–Crippen LogP) is 2.38. The molecule has 5 heteroatoms. The summed E-state index contributed by atoms with van der Waals surface area (Å²) in [4.78, 5) is 23.3. The molecule has 0 heterocycles. The molecule has 5 nitrogen and oxygen atoms in total. The molecule has 0 saturated heterocycles. The number of phenolic OH excluding ortho intramolecular Hbond substituents is 3. The van der Waals surface area contributed by atoms with Gasteiger partial charge in [-0.3, -0.25) is 9.59 Å². The van der Waals surface area contributed by atoms with Gasteiger partial charge in [0.05, 0.1) is 0 Å². The van der Waals surface area contributed by atoms with E-state index in [0.29, 0.717) is 6.42 Å². The summed E-state index contributed by atoms with van der Waals surface area (Å²) in [5.41, 5.74) is -0.610. The van der Waals surface area contributed by atoms with Gasteiger partial charge in [-0.1, -0.05) is 13.8 Å². The van der Waals surface area contributed by atoms with Crippen LogP contribution in [0.3, 0.4) is 0 Å². The Bertz CT molecular complexity index is 491. The highest BCUT2D eigenvalue weighted by Gasteiger charge is 2.25. The minimum absolute atomic E-state index is 0.0767. The Hall–Kier alpha value is -2.04. The van der Waals surface area contributed by atoms with Crippen molar-refractivity contribution < 1.29 is 24.9 Å². The fourth-order valence-electron chi connectivity index (χ4n) is 1.72. The maximum Gasteiger partial charge on any atom is 0.170 e. The van der Waals surface area contributed by atoms with Crippen molar-refractivity contribution in [1.29, 1.82) is 0 Å². The van der Waals surface area contributed by atoms with Crippen LogP contribution in [-0.2, 0) is 0 Å². The second kappa shape index (κ2) is 5.53. The summed E-state index contributed by atoms with van der Waals surface area (Å²) >= 11 is 0. The molecule has 1 aromatic rings. The van der Waals surface area contributed by atoms with Crippen molar-refractivity contribution >= 4 is 11.6 Å². The van der Waals surface area contributed by atoms with E-state index in [4.69, 9.17) is 0 Å². The van der Waals surface area contributed by atoms with E-state index in [0.717, 1.165) is 6.07 Å². The van der Waals surface area contributed by atoms with Crippen LogP contribution >= 0.6 is 0 Å². The smallest absolute Gasteiger partial charge is 0.170 e. The molecule has 3 N–H and O–H groups in total. The van der Waals surface area contributed by atoms with Gasteiger partial charge >= 0.3 is 0 Å². The Morgan fingerprint density at radius 1 is 1.00 bits per heavy atom. The molecule has 0 unspecified atom stereocenters. The lowest BCUT2D eigenvalue weighted by Crippen LogP contribution is -2.05. The normalized spacial score (nSPS) is 10.3. The number of hydrogen-bond donors (Lipinski definition) is 3. The second-order valence-corrected chi connectivity index (χ2v) is 3.96. The maximum absolute atomic E-state index is 11.7. The molecule has 0 aromatic heterocycles. The van der Waals surface area contributed by atoms with Crippen molar-refractivity contribution in [3.8, 4) is 17.2 Å². The largest absolute Gasteiger partial charge is 0.507 e. The second-order valence-electron chi connectivity index (χ2n) is 3.96. The lowest BCUT2D eigenvalue weighted by molar-refractivity contribution is 0.0975. The van der Waals surface area contributed by atoms with Crippen LogP contribution in [0.1, 0.15) is 53.8 Å². The molecule has 1 aromatic carbocycles. The molecule has 0 spiro atoms. The van der Waals surface area contributed by atoms with Crippen LogP contribution in [0.25, 0.3) is 0 Å². The van der Waals surface area contributed by atoms with Crippen molar-refractivity contribution in [2.75, 3.05) is 0 Å². The Labute approximate surface area is 105 Å². The molecule has 0 fully saturated rings. The average Bonchev–Trinajstić information content (AvgIpc) is 2.28. The average molecular weight is 252 g/mol. The topological polar surface area (TPSA) is 94.8 Å². The Morgan fingerprint density at radius 2 is 1.50 bits per heavy atom. The molecule has 0 amide bonds. The monoisotopic (exact) mass is 252 g/mol. The molecule has 0 aliphatic rings. The van der Waals surface area contributed by atoms with Gasteiger partial charge in [-0.15, -0.1) is 0 Å². The van der Waals surface area contributed by atoms with E-state index in [-0.39, 0.29) is 24.0 Å². The van der Waals surface area contributed by atoms with Crippen LogP contribution in [0.15, 0.2) is 6.07 Å². The standard InChI is InChI=1S/C13H16O5/c1-3-5-8(15)12-10(17)6-9(16)11(13(12)18)7(14)4-2/h6,16-18H,3-5H2,1-2H3. The van der Waals surface area contributed by atoms with E-state index in [1.807, 2.05) is 0 Å². The highest BCUT2D eigenvalue weighted by molar-refractivity contribution is 6.08. The van der Waals surface area contributed by atoms with Crippen LogP contribution in [0.4, 0.5) is 0 Å². The summed E-state index contributed by atoms with van der Waals surface area (Å²) in [5.74, 6) is -2.63. The fourth-order valence-corrected chi connectivity index (χ4v) is 1.72. The molecule has 0 atom stereocenters. The minimum atomic E-state index is -0.641. The van der Waals surface area contributed by atoms with E-state index in [2.05, 4.69) is 0 Å². The van der Waals surface area contributed by atoms with Crippen LogP contribution in [0, 0.1) is 0 Å². The molecular weight excluding hydrogens is 236 g/mol. The van der Waals surface area contributed by atoms with Gasteiger partial charge in [0.2, 0.25) is 0 Å². The molecule has 0 aliphatic carbocycles. The van der Waals surface area contributed by atoms with Gasteiger partial charge in [0.15, 0.2) is 11.6 Å². The van der Waals surface area contributed by atoms with Crippen molar-refractivity contribution in [2.45, 2.75) is 33.1 Å². The Morgan fingerprint density at radius 3 is 1.94 bits per heavy atom. The zero-order valence-corrected chi connectivity index (χ0v) is 10.4. The predicted molar refractivity (Wildman–Crippen MR) is 65.3 cm³/mol. The number of carbonyl (C=O) groups is 2. The van der Waals surface area contributed by atoms with Gasteiger partial charge in [-0.2, -0.15) is 0 Å². The third kappa shape index (κ3) is 2.45. The van der Waals surface area contributed by atoms with E-state index in [1.54, 1.807) is 13.8 Å². The van der Waals surface area contributed by atoms with Gasteiger partial charge in [0, 0.05) is 18.9 Å². The van der Waals surface area contributed by atoms with Gasteiger partial charge in [-0.05, 0) is 6.42 Å². The third-order valence-electron chi connectivity index (χ3n) is 2.62. The number of benzene rings is 1. The summed E-state index contributed by atoms with van der Waals surface area (Å²) in [6, 6.07) is 0.908. The van der Waals surface area contributed by atoms with Crippen molar-refractivity contribution in [3.05, 3.63) is 17.2 Å². The van der Waals surface area contributed by atoms with Crippen LogP contribution in [-0.4, -0.2) is 26.9 Å². The van der Waals surface area contributed by atoms with Gasteiger partial charge < -0.3 is 15.3 Å². The molecule has 1 rings (SSSR count). The number of phenols is 3. The van der Waals surface area contributed by atoms with E-state index < -0.39 is 28.8 Å². The van der Waals surface area contributed by atoms with Gasteiger partial charge in [0.25, 0.3) is 0 Å². The lowest BCUT2D eigenvalue weighted by atomic mass is 9.97. The number of hydrogen-bond acceptors (Lipinski definition) is 5. The lowest BCUT2D eigenvalue weighted by Gasteiger charge is -2.11. The number of ketones is 2. The zero-order chi connectivity index (χ0) is 13.9. The highest BCUT2D eigenvalue weighted by atomic mass is 16.3. The number of Topliss-reactive ketones (excluding diaryl/α,β-unsaturated/α-hetero) is 2. The van der Waals surface area contributed by atoms with Crippen molar-refractivity contribution in [3.63, 3.8) is 0 Å². The SMILES string of the molecule is CCCC(=O)c1c(O)cc(O)c(C(=O)CC)c1O. The first-order valence-corrected chi connectivity index (χ1v) is 5.78. The molecular formula is C13H16O5. The molecule has 0 aliphatic heterocycles. The number of rotatable bonds is 5. The Kier molecular flexibility index (Phi) is 4.31. The van der Waals surface area contributed by atoms with Gasteiger partial charge in [0.1, 0.15) is 28.4 Å². The van der Waals surface area contributed by atoms with Crippen LogP contribution in [0.2, 0.25) is 0 Å². The summed E-state index contributed by atoms with van der Waals surface area (Å²) in [6.07, 6.45) is 0.772. The summed E-state index contributed by atoms with van der Waals surface area (Å²) in [5, 5.41) is 29.0. The molecule has 0 bridgehead atoms. The first-order chi connectivity index (χ1) is 8.43. The quantitative estimate of drug-likeness (QED) is 0.699. The van der Waals surface area contributed by atoms with Crippen molar-refractivity contribution in [1.82, 2.24) is 0 Å². The van der Waals surface area contributed by atoms with E-state index >= 15 is 0 Å². The van der Waals surface area contributed by atoms with Crippen molar-refractivity contribution in [2.24, 2.45) is 0 Å². The molecule has 0 radical (unpaired) electrons. The van der Waals surface area contributed by atoms with E-state index in [1.165, 1.54) is 0 Å². The molecule has 0 saturated carbocycles. The summed E-state index contributed by atoms with van der Waals surface area (Å²) in [6.45, 7) is 3.35. The number of aromatic hydroxyl groups is 3. The summed E-state index contributed by atoms with van der Waals surface area (Å²) < 4.78 is 0. The fraction of sp³-hybridized carbons (Fsp3) is 0.385.